The summed E-state index contributed by atoms with van der Waals surface area (Å²) in [5.41, 5.74) is 1.53. The monoisotopic (exact) mass is 336 g/mol. The molecular weight excluding hydrogens is 316 g/mol. The second kappa shape index (κ2) is 9.24. The summed E-state index contributed by atoms with van der Waals surface area (Å²) in [6.45, 7) is 1.02. The zero-order valence-electron chi connectivity index (χ0n) is 12.9. The number of amides is 1. The van der Waals surface area contributed by atoms with Crippen molar-refractivity contribution in [2.45, 2.75) is 6.42 Å². The molecule has 0 aliphatic carbocycles. The van der Waals surface area contributed by atoms with Crippen LogP contribution in [0.4, 0.5) is 0 Å². The third-order valence-corrected chi connectivity index (χ3v) is 3.92. The molecule has 0 saturated carbocycles. The average molecular weight is 336 g/mol. The van der Waals surface area contributed by atoms with Crippen molar-refractivity contribution >= 4 is 17.2 Å². The summed E-state index contributed by atoms with van der Waals surface area (Å²) in [7, 11) is 1.63. The number of methoxy groups -OCH3 is 1. The molecule has 0 spiro atoms. The minimum atomic E-state index is -0.213. The summed E-state index contributed by atoms with van der Waals surface area (Å²) in [6.07, 6.45) is 0.682. The Bertz CT molecular complexity index is 613. The highest BCUT2D eigenvalue weighted by Crippen LogP contribution is 2.17. The number of aromatic nitrogens is 1. The van der Waals surface area contributed by atoms with Crippen molar-refractivity contribution in [2.75, 3.05) is 33.5 Å². The molecular formula is C16H20N2O4S. The standard InChI is InChI=1S/C16H20N2O4S/c1-21-13-4-2-12(3-5-13)10-15-18-14(11-23-15)16(20)17-6-8-22-9-7-19/h2-5,11,19H,6-10H2,1H3,(H,17,20). The van der Waals surface area contributed by atoms with Gasteiger partial charge in [-0.3, -0.25) is 4.79 Å². The zero-order valence-corrected chi connectivity index (χ0v) is 13.8. The smallest absolute Gasteiger partial charge is 0.270 e. The molecule has 2 rings (SSSR count). The van der Waals surface area contributed by atoms with Gasteiger partial charge in [0.05, 0.1) is 31.9 Å². The Labute approximate surface area is 139 Å². The van der Waals surface area contributed by atoms with Crippen LogP contribution in [0.25, 0.3) is 0 Å². The first-order valence-electron chi connectivity index (χ1n) is 7.27. The molecule has 0 bridgehead atoms. The van der Waals surface area contributed by atoms with Gasteiger partial charge in [-0.05, 0) is 17.7 Å². The van der Waals surface area contributed by atoms with Crippen LogP contribution in [0, 0.1) is 0 Å². The van der Waals surface area contributed by atoms with Crippen molar-refractivity contribution in [2.24, 2.45) is 0 Å². The molecule has 0 aliphatic rings. The molecule has 1 heterocycles. The fourth-order valence-electron chi connectivity index (χ4n) is 1.91. The lowest BCUT2D eigenvalue weighted by Crippen LogP contribution is -2.27. The Morgan fingerprint density at radius 3 is 2.78 bits per heavy atom. The maximum atomic E-state index is 11.9. The van der Waals surface area contributed by atoms with Crippen LogP contribution in [-0.4, -0.2) is 49.5 Å². The number of carbonyl (C=O) groups excluding carboxylic acids is 1. The van der Waals surface area contributed by atoms with Crippen LogP contribution in [0.5, 0.6) is 5.75 Å². The molecule has 0 fully saturated rings. The normalized spacial score (nSPS) is 10.5. The van der Waals surface area contributed by atoms with Crippen LogP contribution in [-0.2, 0) is 11.2 Å². The summed E-state index contributed by atoms with van der Waals surface area (Å²) in [6, 6.07) is 7.78. The first kappa shape index (κ1) is 17.4. The molecule has 0 saturated heterocycles. The van der Waals surface area contributed by atoms with Crippen LogP contribution in [0.15, 0.2) is 29.6 Å². The van der Waals surface area contributed by atoms with Crippen LogP contribution in [0.3, 0.4) is 0 Å². The van der Waals surface area contributed by atoms with E-state index < -0.39 is 0 Å². The van der Waals surface area contributed by atoms with Gasteiger partial charge in [-0.15, -0.1) is 11.3 Å². The first-order valence-corrected chi connectivity index (χ1v) is 8.15. The van der Waals surface area contributed by atoms with E-state index in [1.807, 2.05) is 24.3 Å². The van der Waals surface area contributed by atoms with Gasteiger partial charge in [0, 0.05) is 18.3 Å². The van der Waals surface area contributed by atoms with Gasteiger partial charge in [0.1, 0.15) is 11.4 Å². The van der Waals surface area contributed by atoms with Gasteiger partial charge in [-0.1, -0.05) is 12.1 Å². The lowest BCUT2D eigenvalue weighted by molar-refractivity contribution is 0.0835. The molecule has 6 nitrogen and oxygen atoms in total. The lowest BCUT2D eigenvalue weighted by Gasteiger charge is -2.03. The van der Waals surface area contributed by atoms with Gasteiger partial charge in [-0.25, -0.2) is 4.98 Å². The SMILES string of the molecule is COc1ccc(Cc2nc(C(=O)NCCOCCO)cs2)cc1. The number of thiazole rings is 1. The van der Waals surface area contributed by atoms with E-state index >= 15 is 0 Å². The van der Waals surface area contributed by atoms with Crippen molar-refractivity contribution in [3.05, 3.63) is 45.9 Å². The largest absolute Gasteiger partial charge is 0.497 e. The predicted molar refractivity (Wildman–Crippen MR) is 88.2 cm³/mol. The third-order valence-electron chi connectivity index (χ3n) is 3.07. The number of hydrogen-bond donors (Lipinski definition) is 2. The van der Waals surface area contributed by atoms with E-state index in [4.69, 9.17) is 14.6 Å². The molecule has 0 radical (unpaired) electrons. The number of carbonyl (C=O) groups is 1. The molecule has 1 aromatic carbocycles. The molecule has 0 aliphatic heterocycles. The molecule has 0 unspecified atom stereocenters. The highest BCUT2D eigenvalue weighted by Gasteiger charge is 2.10. The molecule has 1 amide bonds. The zero-order chi connectivity index (χ0) is 16.5. The lowest BCUT2D eigenvalue weighted by atomic mass is 10.1. The van der Waals surface area contributed by atoms with Gasteiger partial charge in [0.25, 0.3) is 5.91 Å². The Hall–Kier alpha value is -1.96. The first-order chi connectivity index (χ1) is 11.2. The van der Waals surface area contributed by atoms with Gasteiger partial charge in [-0.2, -0.15) is 0 Å². The van der Waals surface area contributed by atoms with E-state index in [0.717, 1.165) is 16.3 Å². The predicted octanol–water partition coefficient (Wildman–Crippen LogP) is 1.48. The molecule has 0 atom stereocenters. The second-order valence-electron chi connectivity index (χ2n) is 4.74. The average Bonchev–Trinajstić information content (AvgIpc) is 3.04. The van der Waals surface area contributed by atoms with Crippen molar-refractivity contribution in [3.8, 4) is 5.75 Å². The van der Waals surface area contributed by atoms with Gasteiger partial charge in [0.2, 0.25) is 0 Å². The van der Waals surface area contributed by atoms with Crippen LogP contribution >= 0.6 is 11.3 Å². The number of ether oxygens (including phenoxy) is 2. The molecule has 2 N–H and O–H groups in total. The molecule has 124 valence electrons. The summed E-state index contributed by atoms with van der Waals surface area (Å²) >= 11 is 1.46. The molecule has 1 aromatic heterocycles. The van der Waals surface area contributed by atoms with Crippen LogP contribution in [0.2, 0.25) is 0 Å². The Morgan fingerprint density at radius 1 is 1.30 bits per heavy atom. The van der Waals surface area contributed by atoms with Crippen molar-refractivity contribution < 1.29 is 19.4 Å². The molecule has 23 heavy (non-hydrogen) atoms. The van der Waals surface area contributed by atoms with E-state index in [9.17, 15) is 4.79 Å². The quantitative estimate of drug-likeness (QED) is 0.678. The van der Waals surface area contributed by atoms with Crippen molar-refractivity contribution in [1.82, 2.24) is 10.3 Å². The number of rotatable bonds is 9. The number of benzene rings is 1. The Morgan fingerprint density at radius 2 is 2.09 bits per heavy atom. The van der Waals surface area contributed by atoms with Gasteiger partial charge < -0.3 is 19.9 Å². The fourth-order valence-corrected chi connectivity index (χ4v) is 2.72. The highest BCUT2D eigenvalue weighted by molar-refractivity contribution is 7.09. The van der Waals surface area contributed by atoms with E-state index in [2.05, 4.69) is 10.3 Å². The Balaban J connectivity index is 1.83. The minimum Gasteiger partial charge on any atom is -0.497 e. The number of nitrogens with one attached hydrogen (secondary N) is 1. The summed E-state index contributed by atoms with van der Waals surface area (Å²) in [5, 5.41) is 13.9. The highest BCUT2D eigenvalue weighted by atomic mass is 32.1. The van der Waals surface area contributed by atoms with E-state index in [0.29, 0.717) is 25.3 Å². The number of nitrogens with zero attached hydrogens (tertiary/aromatic N) is 1. The van der Waals surface area contributed by atoms with E-state index in [1.165, 1.54) is 11.3 Å². The number of aliphatic hydroxyl groups excluding tert-OH is 1. The van der Waals surface area contributed by atoms with Crippen molar-refractivity contribution in [3.63, 3.8) is 0 Å². The topological polar surface area (TPSA) is 80.7 Å². The fraction of sp³-hybridized carbons (Fsp3) is 0.375. The van der Waals surface area contributed by atoms with Crippen LogP contribution in [0.1, 0.15) is 21.1 Å². The summed E-state index contributed by atoms with van der Waals surface area (Å²) < 4.78 is 10.2. The second-order valence-corrected chi connectivity index (χ2v) is 5.69. The van der Waals surface area contributed by atoms with Gasteiger partial charge >= 0.3 is 0 Å². The van der Waals surface area contributed by atoms with Gasteiger partial charge in [0.15, 0.2) is 0 Å². The molecule has 2 aromatic rings. The third kappa shape index (κ3) is 5.63. The number of aliphatic hydroxyl groups is 1. The summed E-state index contributed by atoms with van der Waals surface area (Å²) in [4.78, 5) is 16.3. The minimum absolute atomic E-state index is 0.0191. The van der Waals surface area contributed by atoms with E-state index in [-0.39, 0.29) is 19.1 Å². The summed E-state index contributed by atoms with van der Waals surface area (Å²) in [5.74, 6) is 0.603. The van der Waals surface area contributed by atoms with Crippen LogP contribution < -0.4 is 10.1 Å². The maximum absolute atomic E-state index is 11.9. The number of hydrogen-bond acceptors (Lipinski definition) is 6. The Kier molecular flexibility index (Phi) is 6.99. The molecule has 7 heteroatoms. The van der Waals surface area contributed by atoms with Crippen molar-refractivity contribution in [1.29, 1.82) is 0 Å². The maximum Gasteiger partial charge on any atom is 0.270 e. The van der Waals surface area contributed by atoms with E-state index in [1.54, 1.807) is 12.5 Å².